The highest BCUT2D eigenvalue weighted by Crippen LogP contribution is 2.38. The van der Waals surface area contributed by atoms with Crippen LogP contribution in [0.15, 0.2) is 0 Å². The Bertz CT molecular complexity index is 235. The molecule has 0 heterocycles. The summed E-state index contributed by atoms with van der Waals surface area (Å²) in [6, 6.07) is 0. The molecule has 100 valence electrons. The fraction of sp³-hybridized carbons (Fsp3) is 0.933. The van der Waals surface area contributed by atoms with Crippen molar-refractivity contribution in [1.82, 2.24) is 0 Å². The van der Waals surface area contributed by atoms with Crippen molar-refractivity contribution in [1.29, 1.82) is 0 Å². The van der Waals surface area contributed by atoms with Gasteiger partial charge in [0.05, 0.1) is 0 Å². The molecular formula is C15H28O2. The molecule has 2 nitrogen and oxygen atoms in total. The molecule has 0 bridgehead atoms. The van der Waals surface area contributed by atoms with Crippen molar-refractivity contribution >= 4 is 5.78 Å². The molecule has 17 heavy (non-hydrogen) atoms. The summed E-state index contributed by atoms with van der Waals surface area (Å²) < 4.78 is 5.92. The van der Waals surface area contributed by atoms with Crippen LogP contribution in [0.25, 0.3) is 0 Å². The number of carbonyl (C=O) groups excluding carboxylic acids is 1. The van der Waals surface area contributed by atoms with E-state index in [0.29, 0.717) is 12.4 Å². The number of ketones is 1. The van der Waals surface area contributed by atoms with Gasteiger partial charge in [-0.1, -0.05) is 20.8 Å². The van der Waals surface area contributed by atoms with Crippen LogP contribution in [0.3, 0.4) is 0 Å². The van der Waals surface area contributed by atoms with Crippen molar-refractivity contribution in [2.24, 2.45) is 11.8 Å². The van der Waals surface area contributed by atoms with Crippen molar-refractivity contribution in [3.8, 4) is 0 Å². The zero-order chi connectivity index (χ0) is 12.9. The Balaban J connectivity index is 2.80. The molecular weight excluding hydrogens is 212 g/mol. The van der Waals surface area contributed by atoms with Gasteiger partial charge >= 0.3 is 0 Å². The quantitative estimate of drug-likeness (QED) is 0.702. The van der Waals surface area contributed by atoms with Crippen LogP contribution < -0.4 is 0 Å². The molecule has 0 unspecified atom stereocenters. The minimum Gasteiger partial charge on any atom is -0.367 e. The molecule has 0 N–H and O–H groups in total. The third-order valence-electron chi connectivity index (χ3n) is 4.31. The first kappa shape index (κ1) is 14.7. The van der Waals surface area contributed by atoms with Gasteiger partial charge in [0.15, 0.2) is 5.78 Å². The Morgan fingerprint density at radius 1 is 1.24 bits per heavy atom. The summed E-state index contributed by atoms with van der Waals surface area (Å²) in [6.07, 6.45) is 6.01. The molecule has 0 aromatic heterocycles. The summed E-state index contributed by atoms with van der Waals surface area (Å²) in [5, 5.41) is 0. The van der Waals surface area contributed by atoms with Crippen LogP contribution in [0.2, 0.25) is 0 Å². The minimum atomic E-state index is -0.446. The van der Waals surface area contributed by atoms with Gasteiger partial charge in [0.25, 0.3) is 0 Å². The van der Waals surface area contributed by atoms with Gasteiger partial charge in [-0.25, -0.2) is 0 Å². The lowest BCUT2D eigenvalue weighted by molar-refractivity contribution is -0.154. The number of Topliss-reactive ketones (excluding diaryl/α,β-unsaturated/α-hetero) is 1. The number of carbonyl (C=O) groups is 1. The van der Waals surface area contributed by atoms with Crippen LogP contribution in [0.5, 0.6) is 0 Å². The Morgan fingerprint density at radius 3 is 2.18 bits per heavy atom. The van der Waals surface area contributed by atoms with Crippen LogP contribution >= 0.6 is 0 Å². The summed E-state index contributed by atoms with van der Waals surface area (Å²) in [5.74, 6) is 1.31. The van der Waals surface area contributed by atoms with Crippen molar-refractivity contribution in [3.63, 3.8) is 0 Å². The summed E-state index contributed by atoms with van der Waals surface area (Å²) in [5.41, 5.74) is -0.446. The van der Waals surface area contributed by atoms with E-state index in [4.69, 9.17) is 4.74 Å². The zero-order valence-corrected chi connectivity index (χ0v) is 11.9. The Hall–Kier alpha value is -0.370. The van der Waals surface area contributed by atoms with E-state index in [1.807, 2.05) is 6.92 Å². The molecule has 0 aromatic carbocycles. The Labute approximate surface area is 106 Å². The molecule has 0 radical (unpaired) electrons. The van der Waals surface area contributed by atoms with Gasteiger partial charge in [0.2, 0.25) is 0 Å². The second kappa shape index (κ2) is 6.53. The Morgan fingerprint density at radius 2 is 1.76 bits per heavy atom. The maximum Gasteiger partial charge on any atom is 0.167 e. The largest absolute Gasteiger partial charge is 0.367 e. The van der Waals surface area contributed by atoms with Gasteiger partial charge in [-0.15, -0.1) is 0 Å². The van der Waals surface area contributed by atoms with E-state index in [1.54, 1.807) is 0 Å². The molecule has 1 fully saturated rings. The lowest BCUT2D eigenvalue weighted by Crippen LogP contribution is -2.47. The second-order valence-electron chi connectivity index (χ2n) is 5.49. The summed E-state index contributed by atoms with van der Waals surface area (Å²) >= 11 is 0. The molecule has 1 aliphatic rings. The molecule has 0 atom stereocenters. The average Bonchev–Trinajstić information content (AvgIpc) is 2.34. The standard InChI is InChI=1S/C15H28O2/c1-5-13(6-2)14(16)15(17-7-3)10-8-12(4)9-11-15/h12-13H,5-11H2,1-4H3. The highest BCUT2D eigenvalue weighted by molar-refractivity contribution is 5.89. The van der Waals surface area contributed by atoms with Gasteiger partial charge < -0.3 is 4.74 Å². The summed E-state index contributed by atoms with van der Waals surface area (Å²) in [7, 11) is 0. The molecule has 0 amide bonds. The number of hydrogen-bond acceptors (Lipinski definition) is 2. The predicted molar refractivity (Wildman–Crippen MR) is 71.1 cm³/mol. The molecule has 1 rings (SSSR count). The third-order valence-corrected chi connectivity index (χ3v) is 4.31. The van der Waals surface area contributed by atoms with Crippen LogP contribution in [0.1, 0.15) is 66.2 Å². The minimum absolute atomic E-state index is 0.190. The van der Waals surface area contributed by atoms with Gasteiger partial charge in [-0.3, -0.25) is 4.79 Å². The van der Waals surface area contributed by atoms with Crippen LogP contribution in [-0.4, -0.2) is 18.0 Å². The maximum atomic E-state index is 12.7. The molecule has 2 heteroatoms. The van der Waals surface area contributed by atoms with E-state index in [0.717, 1.165) is 44.4 Å². The smallest absolute Gasteiger partial charge is 0.167 e. The molecule has 0 aliphatic heterocycles. The predicted octanol–water partition coefficient (Wildman–Crippen LogP) is 3.98. The van der Waals surface area contributed by atoms with E-state index in [9.17, 15) is 4.79 Å². The SMILES string of the molecule is CCOC1(C(=O)C(CC)CC)CCC(C)CC1. The number of hydrogen-bond donors (Lipinski definition) is 0. The normalized spacial score (nSPS) is 29.6. The topological polar surface area (TPSA) is 26.3 Å². The lowest BCUT2D eigenvalue weighted by Gasteiger charge is -2.39. The molecule has 0 spiro atoms. The van der Waals surface area contributed by atoms with Gasteiger partial charge in [0.1, 0.15) is 5.60 Å². The van der Waals surface area contributed by atoms with Crippen molar-refractivity contribution in [2.75, 3.05) is 6.61 Å². The van der Waals surface area contributed by atoms with Crippen molar-refractivity contribution in [2.45, 2.75) is 71.8 Å². The fourth-order valence-corrected chi connectivity index (χ4v) is 3.00. The summed E-state index contributed by atoms with van der Waals surface area (Å²) in [6.45, 7) is 9.14. The average molecular weight is 240 g/mol. The van der Waals surface area contributed by atoms with Crippen LogP contribution in [-0.2, 0) is 9.53 Å². The first-order valence-electron chi connectivity index (χ1n) is 7.27. The van der Waals surface area contributed by atoms with E-state index in [2.05, 4.69) is 20.8 Å². The Kier molecular flexibility index (Phi) is 5.64. The first-order valence-corrected chi connectivity index (χ1v) is 7.27. The molecule has 0 aromatic rings. The lowest BCUT2D eigenvalue weighted by atomic mass is 9.73. The second-order valence-corrected chi connectivity index (χ2v) is 5.49. The van der Waals surface area contributed by atoms with Gasteiger partial charge in [-0.05, 0) is 51.4 Å². The maximum absolute atomic E-state index is 12.7. The monoisotopic (exact) mass is 240 g/mol. The molecule has 1 saturated carbocycles. The highest BCUT2D eigenvalue weighted by Gasteiger charge is 2.43. The zero-order valence-electron chi connectivity index (χ0n) is 11.9. The van der Waals surface area contributed by atoms with Gasteiger partial charge in [-0.2, -0.15) is 0 Å². The fourth-order valence-electron chi connectivity index (χ4n) is 3.00. The molecule has 1 aliphatic carbocycles. The van der Waals surface area contributed by atoms with E-state index in [1.165, 1.54) is 0 Å². The van der Waals surface area contributed by atoms with E-state index >= 15 is 0 Å². The third kappa shape index (κ3) is 3.31. The van der Waals surface area contributed by atoms with Crippen LogP contribution in [0, 0.1) is 11.8 Å². The van der Waals surface area contributed by atoms with E-state index in [-0.39, 0.29) is 5.92 Å². The van der Waals surface area contributed by atoms with E-state index < -0.39 is 5.60 Å². The highest BCUT2D eigenvalue weighted by atomic mass is 16.5. The number of rotatable bonds is 6. The summed E-state index contributed by atoms with van der Waals surface area (Å²) in [4.78, 5) is 12.7. The van der Waals surface area contributed by atoms with Crippen LogP contribution in [0.4, 0.5) is 0 Å². The molecule has 0 saturated heterocycles. The van der Waals surface area contributed by atoms with Crippen molar-refractivity contribution < 1.29 is 9.53 Å². The van der Waals surface area contributed by atoms with Crippen molar-refractivity contribution in [3.05, 3.63) is 0 Å². The first-order chi connectivity index (χ1) is 8.09. The van der Waals surface area contributed by atoms with Gasteiger partial charge in [0, 0.05) is 12.5 Å². The number of ether oxygens (including phenoxy) is 1.